The molecule has 1 spiro atoms. The highest BCUT2D eigenvalue weighted by Gasteiger charge is 2.53. The minimum absolute atomic E-state index is 0.0339. The van der Waals surface area contributed by atoms with Crippen LogP contribution in [-0.2, 0) is 19.7 Å². The molecule has 0 atom stereocenters. The zero-order valence-electron chi connectivity index (χ0n) is 17.0. The average molecular weight is 370 g/mol. The quantitative estimate of drug-likeness (QED) is 0.756. The van der Waals surface area contributed by atoms with Crippen LogP contribution in [0.5, 0.6) is 0 Å². The van der Waals surface area contributed by atoms with E-state index < -0.39 is 0 Å². The molecule has 1 saturated heterocycles. The highest BCUT2D eigenvalue weighted by Crippen LogP contribution is 2.52. The van der Waals surface area contributed by atoms with Crippen molar-refractivity contribution in [1.82, 2.24) is 4.90 Å². The smallest absolute Gasteiger partial charge is 0.306 e. The average Bonchev–Trinajstić information content (AvgIpc) is 2.93. The largest absolute Gasteiger partial charge is 0.465 e. The molecule has 0 N–H and O–H groups in total. The minimum atomic E-state index is -0.103. The molecule has 0 unspecified atom stereocenters. The fraction of sp³-hybridized carbons (Fsp3) is 0.652. The first-order valence-electron chi connectivity index (χ1n) is 10.2. The monoisotopic (exact) mass is 369 g/mol. The van der Waals surface area contributed by atoms with Crippen molar-refractivity contribution in [3.63, 3.8) is 0 Å². The van der Waals surface area contributed by atoms with Crippen LogP contribution in [0.15, 0.2) is 24.3 Å². The summed E-state index contributed by atoms with van der Waals surface area (Å²) in [6.45, 7) is 7.25. The number of carbonyl (C=O) groups excluding carboxylic acids is 2. The van der Waals surface area contributed by atoms with E-state index in [9.17, 15) is 9.59 Å². The van der Waals surface area contributed by atoms with Crippen molar-refractivity contribution >= 4 is 11.9 Å². The highest BCUT2D eigenvalue weighted by molar-refractivity contribution is 5.81. The number of benzene rings is 1. The van der Waals surface area contributed by atoms with Gasteiger partial charge in [-0.2, -0.15) is 0 Å². The molecule has 2 aliphatic carbocycles. The van der Waals surface area contributed by atoms with E-state index in [1.807, 2.05) is 11.9 Å². The van der Waals surface area contributed by atoms with Crippen LogP contribution in [0.4, 0.5) is 0 Å². The van der Waals surface area contributed by atoms with E-state index in [1.54, 1.807) is 0 Å². The molecule has 1 aliphatic heterocycles. The van der Waals surface area contributed by atoms with Crippen LogP contribution in [0.3, 0.4) is 0 Å². The summed E-state index contributed by atoms with van der Waals surface area (Å²) in [7, 11) is 1.95. The molecule has 1 heterocycles. The van der Waals surface area contributed by atoms with Crippen LogP contribution in [0.1, 0.15) is 69.9 Å². The summed E-state index contributed by atoms with van der Waals surface area (Å²) >= 11 is 0. The summed E-state index contributed by atoms with van der Waals surface area (Å²) < 4.78 is 5.11. The predicted molar refractivity (Wildman–Crippen MR) is 104 cm³/mol. The van der Waals surface area contributed by atoms with E-state index in [1.165, 1.54) is 11.1 Å². The first-order chi connectivity index (χ1) is 12.7. The number of nitrogens with zero attached hydrogens (tertiary/aromatic N) is 1. The lowest BCUT2D eigenvalue weighted by molar-refractivity contribution is -0.146. The molecule has 0 aromatic heterocycles. The number of ether oxygens (including phenoxy) is 1. The third-order valence-corrected chi connectivity index (χ3v) is 7.00. The number of rotatable bonds is 3. The van der Waals surface area contributed by atoms with Gasteiger partial charge in [0.1, 0.15) is 0 Å². The van der Waals surface area contributed by atoms with E-state index in [2.05, 4.69) is 45.0 Å². The lowest BCUT2D eigenvalue weighted by atomic mass is 9.61. The summed E-state index contributed by atoms with van der Waals surface area (Å²) in [5, 5.41) is 0. The predicted octanol–water partition coefficient (Wildman–Crippen LogP) is 4.03. The number of esters is 1. The molecule has 0 radical (unpaired) electrons. The Morgan fingerprint density at radius 2 is 1.93 bits per heavy atom. The van der Waals surface area contributed by atoms with Gasteiger partial charge in [-0.3, -0.25) is 9.59 Å². The number of hydrogen-bond acceptors (Lipinski definition) is 3. The van der Waals surface area contributed by atoms with Gasteiger partial charge in [0.05, 0.1) is 13.0 Å². The SMILES string of the molecule is CN(C(=O)C1CC2(COC(=O)C2)C1)C1CC(c2cccc(C(C)(C)C)c2)C1. The van der Waals surface area contributed by atoms with Crippen molar-refractivity contribution in [3.05, 3.63) is 35.4 Å². The number of hydrogen-bond donors (Lipinski definition) is 0. The van der Waals surface area contributed by atoms with Crippen molar-refractivity contribution < 1.29 is 14.3 Å². The van der Waals surface area contributed by atoms with Crippen molar-refractivity contribution in [3.8, 4) is 0 Å². The standard InChI is InChI=1S/C23H31NO3/c1-22(2,3)18-7-5-6-15(8-18)16-9-19(10-16)24(4)21(26)17-11-23(12-17)13-20(25)27-14-23/h5-8,16-17,19H,9-14H2,1-4H3. The fourth-order valence-electron chi connectivity index (χ4n) is 4.97. The van der Waals surface area contributed by atoms with Gasteiger partial charge >= 0.3 is 5.97 Å². The molecule has 4 rings (SSSR count). The van der Waals surface area contributed by atoms with Gasteiger partial charge in [-0.05, 0) is 48.1 Å². The zero-order chi connectivity index (χ0) is 19.4. The molecule has 3 aliphatic rings. The summed E-state index contributed by atoms with van der Waals surface area (Å²) in [5.74, 6) is 0.786. The van der Waals surface area contributed by atoms with Gasteiger partial charge < -0.3 is 9.64 Å². The van der Waals surface area contributed by atoms with Crippen molar-refractivity contribution in [2.75, 3.05) is 13.7 Å². The van der Waals surface area contributed by atoms with Crippen LogP contribution < -0.4 is 0 Å². The molecule has 1 amide bonds. The fourth-order valence-corrected chi connectivity index (χ4v) is 4.97. The van der Waals surface area contributed by atoms with Crippen LogP contribution in [0, 0.1) is 11.3 Å². The van der Waals surface area contributed by atoms with E-state index in [0.717, 1.165) is 25.7 Å². The molecular formula is C23H31NO3. The molecule has 27 heavy (non-hydrogen) atoms. The lowest BCUT2D eigenvalue weighted by Crippen LogP contribution is -2.51. The minimum Gasteiger partial charge on any atom is -0.465 e. The Morgan fingerprint density at radius 3 is 2.52 bits per heavy atom. The summed E-state index contributed by atoms with van der Waals surface area (Å²) in [4.78, 5) is 26.1. The van der Waals surface area contributed by atoms with E-state index >= 15 is 0 Å². The number of cyclic esters (lactones) is 1. The van der Waals surface area contributed by atoms with Crippen LogP contribution in [-0.4, -0.2) is 36.5 Å². The molecule has 146 valence electrons. The van der Waals surface area contributed by atoms with E-state index in [-0.39, 0.29) is 28.6 Å². The summed E-state index contributed by atoms with van der Waals surface area (Å²) in [5.41, 5.74) is 2.91. The first kappa shape index (κ1) is 18.5. The topological polar surface area (TPSA) is 46.6 Å². The normalized spacial score (nSPS) is 32.6. The van der Waals surface area contributed by atoms with Gasteiger partial charge in [-0.15, -0.1) is 0 Å². The van der Waals surface area contributed by atoms with E-state index in [0.29, 0.717) is 25.0 Å². The van der Waals surface area contributed by atoms with Gasteiger partial charge in [0, 0.05) is 24.4 Å². The van der Waals surface area contributed by atoms with Crippen molar-refractivity contribution in [2.45, 2.75) is 70.3 Å². The number of carbonyl (C=O) groups is 2. The van der Waals surface area contributed by atoms with Gasteiger partial charge in [-0.25, -0.2) is 0 Å². The van der Waals surface area contributed by atoms with Crippen LogP contribution in [0.2, 0.25) is 0 Å². The van der Waals surface area contributed by atoms with Gasteiger partial charge in [0.2, 0.25) is 5.91 Å². The number of amides is 1. The Labute approximate surface area is 162 Å². The second kappa shape index (κ2) is 6.35. The lowest BCUT2D eigenvalue weighted by Gasteiger charge is -2.47. The third-order valence-electron chi connectivity index (χ3n) is 7.00. The maximum atomic E-state index is 12.8. The Morgan fingerprint density at radius 1 is 1.22 bits per heavy atom. The molecule has 1 aromatic carbocycles. The third kappa shape index (κ3) is 3.39. The molecule has 1 aromatic rings. The Hall–Kier alpha value is -1.84. The maximum Gasteiger partial charge on any atom is 0.306 e. The molecule has 4 heteroatoms. The Kier molecular flexibility index (Phi) is 4.36. The Bertz CT molecular complexity index is 751. The van der Waals surface area contributed by atoms with Gasteiger partial charge in [0.15, 0.2) is 0 Å². The molecule has 0 bridgehead atoms. The van der Waals surface area contributed by atoms with E-state index in [4.69, 9.17) is 4.74 Å². The summed E-state index contributed by atoms with van der Waals surface area (Å²) in [6.07, 6.45) is 4.22. The van der Waals surface area contributed by atoms with Crippen molar-refractivity contribution in [2.24, 2.45) is 11.3 Å². The van der Waals surface area contributed by atoms with Crippen molar-refractivity contribution in [1.29, 1.82) is 0 Å². The summed E-state index contributed by atoms with van der Waals surface area (Å²) in [6, 6.07) is 9.29. The van der Waals surface area contributed by atoms with Crippen LogP contribution >= 0.6 is 0 Å². The Balaban J connectivity index is 1.31. The molecular weight excluding hydrogens is 338 g/mol. The zero-order valence-corrected chi connectivity index (χ0v) is 17.0. The maximum absolute atomic E-state index is 12.8. The second-order valence-electron chi connectivity index (χ2n) is 10.1. The second-order valence-corrected chi connectivity index (χ2v) is 10.1. The molecule has 3 fully saturated rings. The molecule has 2 saturated carbocycles. The molecule has 4 nitrogen and oxygen atoms in total. The first-order valence-corrected chi connectivity index (χ1v) is 10.2. The van der Waals surface area contributed by atoms with Gasteiger partial charge in [-0.1, -0.05) is 45.0 Å². The van der Waals surface area contributed by atoms with Crippen LogP contribution in [0.25, 0.3) is 0 Å². The highest BCUT2D eigenvalue weighted by atomic mass is 16.5. The van der Waals surface area contributed by atoms with Gasteiger partial charge in [0.25, 0.3) is 0 Å².